The molecule has 0 spiro atoms. The second-order valence-corrected chi connectivity index (χ2v) is 10.1. The molecule has 1 saturated heterocycles. The van der Waals surface area contributed by atoms with E-state index in [1.165, 1.54) is 6.07 Å². The Bertz CT molecular complexity index is 1170. The Hall–Kier alpha value is -1.80. The van der Waals surface area contributed by atoms with Gasteiger partial charge in [0.25, 0.3) is 10.0 Å². The zero-order valence-corrected chi connectivity index (χ0v) is 18.5. The minimum absolute atomic E-state index is 0.136. The number of hydrogen-bond donors (Lipinski definition) is 1. The van der Waals surface area contributed by atoms with Crippen LogP contribution < -0.4 is 5.32 Å². The van der Waals surface area contributed by atoms with Gasteiger partial charge in [-0.25, -0.2) is 0 Å². The van der Waals surface area contributed by atoms with Gasteiger partial charge in [0.15, 0.2) is 0 Å². The van der Waals surface area contributed by atoms with Gasteiger partial charge in [-0.05, 0) is 76.3 Å². The molecule has 2 aromatic carbocycles. The summed E-state index contributed by atoms with van der Waals surface area (Å²) in [6.07, 6.45) is 1.96. The molecule has 0 bridgehead atoms. The van der Waals surface area contributed by atoms with E-state index in [1.54, 1.807) is 37.3 Å². The zero-order chi connectivity index (χ0) is 20.8. The Morgan fingerprint density at radius 2 is 1.83 bits per heavy atom. The van der Waals surface area contributed by atoms with Crippen LogP contribution in [0.5, 0.6) is 0 Å². The lowest BCUT2D eigenvalue weighted by Crippen LogP contribution is -2.36. The van der Waals surface area contributed by atoms with Crippen LogP contribution in [0.3, 0.4) is 0 Å². The van der Waals surface area contributed by atoms with Crippen molar-refractivity contribution in [1.29, 1.82) is 0 Å². The molecule has 1 aromatic heterocycles. The minimum Gasteiger partial charge on any atom is -0.381 e. The van der Waals surface area contributed by atoms with Crippen LogP contribution in [0.15, 0.2) is 41.3 Å². The maximum absolute atomic E-state index is 13.3. The van der Waals surface area contributed by atoms with E-state index in [4.69, 9.17) is 23.2 Å². The number of aryl methyl sites for hydroxylation is 1. The van der Waals surface area contributed by atoms with Crippen molar-refractivity contribution in [1.82, 2.24) is 14.1 Å². The molecular formula is C20H22Cl2N4O2S. The number of rotatable bonds is 4. The monoisotopic (exact) mass is 452 g/mol. The van der Waals surface area contributed by atoms with Gasteiger partial charge in [-0.15, -0.1) is 0 Å². The highest BCUT2D eigenvalue weighted by atomic mass is 35.5. The summed E-state index contributed by atoms with van der Waals surface area (Å²) in [6.45, 7) is 3.75. The number of piperidine rings is 1. The van der Waals surface area contributed by atoms with Gasteiger partial charge < -0.3 is 10.2 Å². The van der Waals surface area contributed by atoms with Crippen LogP contribution in [0.2, 0.25) is 10.0 Å². The standard InChI is InChI=1S/C20H22Cl2N4O2S/c1-13-17-11-14(21)3-6-20(17)26(24-13)29(27,28)16-4-5-18(22)19(12-16)23-15-7-9-25(2)10-8-15/h3-6,11-12,15,23H,7-10H2,1-2H3. The second kappa shape index (κ2) is 7.80. The summed E-state index contributed by atoms with van der Waals surface area (Å²) >= 11 is 12.4. The molecule has 3 aromatic rings. The first-order valence-corrected chi connectivity index (χ1v) is 11.6. The molecule has 6 nitrogen and oxygen atoms in total. The van der Waals surface area contributed by atoms with E-state index < -0.39 is 10.0 Å². The Balaban J connectivity index is 1.71. The molecule has 4 rings (SSSR count). The Morgan fingerprint density at radius 1 is 1.10 bits per heavy atom. The van der Waals surface area contributed by atoms with Crippen molar-refractivity contribution in [3.63, 3.8) is 0 Å². The summed E-state index contributed by atoms with van der Waals surface area (Å²) < 4.78 is 27.7. The summed E-state index contributed by atoms with van der Waals surface area (Å²) in [7, 11) is -1.79. The first-order valence-electron chi connectivity index (χ1n) is 9.41. The van der Waals surface area contributed by atoms with Crippen LogP contribution in [0.4, 0.5) is 5.69 Å². The molecule has 9 heteroatoms. The maximum atomic E-state index is 13.3. The third kappa shape index (κ3) is 3.97. The second-order valence-electron chi connectivity index (χ2n) is 7.46. The number of anilines is 1. The van der Waals surface area contributed by atoms with E-state index in [0.29, 0.717) is 32.3 Å². The molecule has 0 amide bonds. The normalized spacial score (nSPS) is 16.4. The van der Waals surface area contributed by atoms with Crippen LogP contribution in [0, 0.1) is 6.92 Å². The van der Waals surface area contributed by atoms with Gasteiger partial charge in [-0.1, -0.05) is 23.2 Å². The topological polar surface area (TPSA) is 67.2 Å². The van der Waals surface area contributed by atoms with E-state index in [9.17, 15) is 8.42 Å². The van der Waals surface area contributed by atoms with Crippen molar-refractivity contribution in [3.05, 3.63) is 52.1 Å². The van der Waals surface area contributed by atoms with Crippen molar-refractivity contribution in [2.75, 3.05) is 25.5 Å². The lowest BCUT2D eigenvalue weighted by atomic mass is 10.1. The van der Waals surface area contributed by atoms with Gasteiger partial charge in [0.2, 0.25) is 0 Å². The first kappa shape index (κ1) is 20.5. The number of nitrogens with zero attached hydrogens (tertiary/aromatic N) is 3. The molecule has 1 fully saturated rings. The van der Waals surface area contributed by atoms with Gasteiger partial charge in [0, 0.05) is 16.5 Å². The zero-order valence-electron chi connectivity index (χ0n) is 16.2. The number of likely N-dealkylation sites (tertiary alicyclic amines) is 1. The minimum atomic E-state index is -3.89. The van der Waals surface area contributed by atoms with Crippen LogP contribution in [-0.2, 0) is 10.0 Å². The molecule has 0 atom stereocenters. The predicted molar refractivity (Wildman–Crippen MR) is 118 cm³/mol. The van der Waals surface area contributed by atoms with Gasteiger partial charge in [-0.3, -0.25) is 0 Å². The molecule has 1 aliphatic rings. The molecule has 0 radical (unpaired) electrons. The fourth-order valence-corrected chi connectivity index (χ4v) is 5.34. The molecule has 0 saturated carbocycles. The van der Waals surface area contributed by atoms with Gasteiger partial charge in [0.1, 0.15) is 0 Å². The highest BCUT2D eigenvalue weighted by Crippen LogP contribution is 2.30. The highest BCUT2D eigenvalue weighted by Gasteiger charge is 2.24. The van der Waals surface area contributed by atoms with Crippen LogP contribution in [0.1, 0.15) is 18.5 Å². The van der Waals surface area contributed by atoms with Gasteiger partial charge >= 0.3 is 0 Å². The Kier molecular flexibility index (Phi) is 5.50. The SMILES string of the molecule is Cc1nn(S(=O)(=O)c2ccc(Cl)c(NC3CCN(C)CC3)c2)c2ccc(Cl)cc12. The lowest BCUT2D eigenvalue weighted by molar-refractivity contribution is 0.264. The molecule has 29 heavy (non-hydrogen) atoms. The summed E-state index contributed by atoms with van der Waals surface area (Å²) in [5.74, 6) is 0. The van der Waals surface area contributed by atoms with E-state index in [1.807, 2.05) is 0 Å². The van der Waals surface area contributed by atoms with Crippen molar-refractivity contribution < 1.29 is 8.42 Å². The van der Waals surface area contributed by atoms with Gasteiger partial charge in [-0.2, -0.15) is 17.6 Å². The summed E-state index contributed by atoms with van der Waals surface area (Å²) in [5, 5.41) is 9.42. The number of hydrogen-bond acceptors (Lipinski definition) is 5. The summed E-state index contributed by atoms with van der Waals surface area (Å²) in [4.78, 5) is 2.41. The van der Waals surface area contributed by atoms with E-state index >= 15 is 0 Å². The fourth-order valence-electron chi connectivity index (χ4n) is 3.64. The smallest absolute Gasteiger partial charge is 0.283 e. The van der Waals surface area contributed by atoms with Crippen molar-refractivity contribution in [2.45, 2.75) is 30.7 Å². The van der Waals surface area contributed by atoms with Crippen LogP contribution in [0.25, 0.3) is 10.9 Å². The first-order chi connectivity index (χ1) is 13.8. The highest BCUT2D eigenvalue weighted by molar-refractivity contribution is 7.90. The number of halogens is 2. The third-order valence-electron chi connectivity index (χ3n) is 5.34. The van der Waals surface area contributed by atoms with E-state index in [-0.39, 0.29) is 10.9 Å². The maximum Gasteiger partial charge on any atom is 0.283 e. The van der Waals surface area contributed by atoms with E-state index in [2.05, 4.69) is 22.4 Å². The Labute approximate surface area is 180 Å². The average Bonchev–Trinajstić information content (AvgIpc) is 3.02. The number of nitrogens with one attached hydrogen (secondary N) is 1. The van der Waals surface area contributed by atoms with Crippen molar-refractivity contribution in [3.8, 4) is 0 Å². The van der Waals surface area contributed by atoms with Gasteiger partial charge in [0.05, 0.1) is 26.8 Å². The van der Waals surface area contributed by atoms with Crippen molar-refractivity contribution >= 4 is 49.8 Å². The molecule has 1 N–H and O–H groups in total. The predicted octanol–water partition coefficient (Wildman–Crippen LogP) is 4.39. The largest absolute Gasteiger partial charge is 0.381 e. The third-order valence-corrected chi connectivity index (χ3v) is 7.48. The summed E-state index contributed by atoms with van der Waals surface area (Å²) in [5.41, 5.74) is 1.72. The van der Waals surface area contributed by atoms with Crippen LogP contribution in [-0.4, -0.2) is 48.7 Å². The van der Waals surface area contributed by atoms with E-state index in [0.717, 1.165) is 30.0 Å². The molecule has 154 valence electrons. The molecule has 0 aliphatic carbocycles. The molecular weight excluding hydrogens is 431 g/mol. The quantitative estimate of drug-likeness (QED) is 0.635. The number of fused-ring (bicyclic) bond motifs is 1. The summed E-state index contributed by atoms with van der Waals surface area (Å²) in [6, 6.07) is 10.0. The number of benzene rings is 2. The lowest BCUT2D eigenvalue weighted by Gasteiger charge is -2.30. The number of aromatic nitrogens is 2. The Morgan fingerprint density at radius 3 is 2.55 bits per heavy atom. The molecule has 2 heterocycles. The van der Waals surface area contributed by atoms with Crippen molar-refractivity contribution in [2.24, 2.45) is 0 Å². The molecule has 0 unspecified atom stereocenters. The fraction of sp³-hybridized carbons (Fsp3) is 0.350. The average molecular weight is 453 g/mol. The van der Waals surface area contributed by atoms with Crippen LogP contribution >= 0.6 is 23.2 Å². The molecule has 1 aliphatic heterocycles.